The van der Waals surface area contributed by atoms with Gasteiger partial charge in [0.05, 0.1) is 0 Å². The summed E-state index contributed by atoms with van der Waals surface area (Å²) in [5.41, 5.74) is 1.14. The van der Waals surface area contributed by atoms with Crippen LogP contribution < -0.4 is 15.4 Å². The molecule has 0 fully saturated rings. The van der Waals surface area contributed by atoms with Crippen LogP contribution in [0.4, 0.5) is 20.7 Å². The van der Waals surface area contributed by atoms with Crippen LogP contribution in [-0.4, -0.2) is 11.2 Å². The fourth-order valence-corrected chi connectivity index (χ4v) is 2.39. The lowest BCUT2D eigenvalue weighted by molar-refractivity contribution is 0.262. The van der Waals surface area contributed by atoms with Crippen LogP contribution in [0.15, 0.2) is 59.1 Å². The molecule has 146 valence electrons. The molecule has 0 radical (unpaired) electrons. The summed E-state index contributed by atoms with van der Waals surface area (Å²) in [4.78, 5) is 12.1. The monoisotopic (exact) mass is 383 g/mol. The molecule has 3 rings (SSSR count). The minimum atomic E-state index is -0.429. The first-order valence-electron chi connectivity index (χ1n) is 8.82. The molecular formula is C21H22FN3O3. The maximum Gasteiger partial charge on any atom is 0.324 e. The van der Waals surface area contributed by atoms with Crippen LogP contribution in [0, 0.1) is 5.82 Å². The van der Waals surface area contributed by atoms with Gasteiger partial charge in [0.25, 0.3) is 0 Å². The zero-order chi connectivity index (χ0) is 20.1. The van der Waals surface area contributed by atoms with Crippen LogP contribution >= 0.6 is 0 Å². The Labute approximate surface area is 162 Å². The van der Waals surface area contributed by atoms with Crippen molar-refractivity contribution < 1.29 is 18.4 Å². The number of amides is 2. The number of aromatic nitrogens is 1. The minimum absolute atomic E-state index is 0.190. The maximum absolute atomic E-state index is 13.2. The molecule has 0 unspecified atom stereocenters. The van der Waals surface area contributed by atoms with Gasteiger partial charge >= 0.3 is 6.03 Å². The third-order valence-electron chi connectivity index (χ3n) is 3.90. The van der Waals surface area contributed by atoms with Gasteiger partial charge in [-0.1, -0.05) is 38.1 Å². The molecule has 2 N–H and O–H groups in total. The predicted molar refractivity (Wildman–Crippen MR) is 105 cm³/mol. The smallest absolute Gasteiger partial charge is 0.324 e. The van der Waals surface area contributed by atoms with Gasteiger partial charge in [-0.25, -0.2) is 9.18 Å². The highest BCUT2D eigenvalue weighted by atomic mass is 19.1. The van der Waals surface area contributed by atoms with E-state index in [9.17, 15) is 9.18 Å². The number of carbonyl (C=O) groups excluding carboxylic acids is 1. The molecule has 0 saturated heterocycles. The van der Waals surface area contributed by atoms with Crippen molar-refractivity contribution in [3.63, 3.8) is 0 Å². The van der Waals surface area contributed by atoms with E-state index in [1.807, 2.05) is 20.8 Å². The molecular weight excluding hydrogens is 361 g/mol. The number of anilines is 2. The van der Waals surface area contributed by atoms with Crippen LogP contribution in [0.5, 0.6) is 5.75 Å². The molecule has 0 atom stereocenters. The van der Waals surface area contributed by atoms with Gasteiger partial charge in [0.15, 0.2) is 5.82 Å². The average molecular weight is 383 g/mol. The third-order valence-corrected chi connectivity index (χ3v) is 3.90. The molecule has 6 nitrogen and oxygen atoms in total. The highest BCUT2D eigenvalue weighted by molar-refractivity contribution is 5.99. The summed E-state index contributed by atoms with van der Waals surface area (Å²) < 4.78 is 24.0. The van der Waals surface area contributed by atoms with Crippen LogP contribution in [0.1, 0.15) is 32.1 Å². The normalized spacial score (nSPS) is 11.1. The fraction of sp³-hybridized carbons (Fsp3) is 0.238. The zero-order valence-corrected chi connectivity index (χ0v) is 16.0. The van der Waals surface area contributed by atoms with Crippen molar-refractivity contribution in [1.29, 1.82) is 0 Å². The number of benzene rings is 2. The number of halogens is 1. The molecule has 3 aromatic rings. The van der Waals surface area contributed by atoms with Crippen LogP contribution in [0.2, 0.25) is 0 Å². The topological polar surface area (TPSA) is 76.4 Å². The Morgan fingerprint density at radius 1 is 1.11 bits per heavy atom. The van der Waals surface area contributed by atoms with E-state index in [1.165, 1.54) is 12.1 Å². The summed E-state index contributed by atoms with van der Waals surface area (Å²) in [5, 5.41) is 9.18. The van der Waals surface area contributed by atoms with Crippen molar-refractivity contribution in [1.82, 2.24) is 5.16 Å². The molecule has 7 heteroatoms. The second kappa shape index (κ2) is 8.12. The number of hydrogen-bond acceptors (Lipinski definition) is 4. The van der Waals surface area contributed by atoms with Crippen LogP contribution in [0.25, 0.3) is 0 Å². The second-order valence-corrected chi connectivity index (χ2v) is 7.35. The van der Waals surface area contributed by atoms with Crippen molar-refractivity contribution in [2.75, 3.05) is 10.6 Å². The Hall–Kier alpha value is -3.35. The van der Waals surface area contributed by atoms with Gasteiger partial charge in [0.1, 0.15) is 23.9 Å². The van der Waals surface area contributed by atoms with E-state index in [-0.39, 0.29) is 17.8 Å². The minimum Gasteiger partial charge on any atom is -0.489 e. The molecule has 0 spiro atoms. The largest absolute Gasteiger partial charge is 0.489 e. The number of nitrogens with zero attached hydrogens (tertiary/aromatic N) is 1. The molecule has 28 heavy (non-hydrogen) atoms. The van der Waals surface area contributed by atoms with Crippen molar-refractivity contribution in [3.8, 4) is 5.75 Å². The number of carbonyl (C=O) groups is 1. The van der Waals surface area contributed by atoms with Gasteiger partial charge in [-0.3, -0.25) is 5.32 Å². The summed E-state index contributed by atoms with van der Waals surface area (Å²) in [6.07, 6.45) is 0. The van der Waals surface area contributed by atoms with Gasteiger partial charge in [-0.2, -0.15) is 0 Å². The van der Waals surface area contributed by atoms with Gasteiger partial charge in [0.2, 0.25) is 0 Å². The van der Waals surface area contributed by atoms with Gasteiger partial charge in [0, 0.05) is 17.2 Å². The first kappa shape index (κ1) is 19.4. The van der Waals surface area contributed by atoms with E-state index in [0.29, 0.717) is 23.0 Å². The number of rotatable bonds is 5. The van der Waals surface area contributed by atoms with E-state index in [4.69, 9.17) is 9.26 Å². The number of nitrogens with one attached hydrogen (secondary N) is 2. The van der Waals surface area contributed by atoms with E-state index in [1.54, 1.807) is 42.5 Å². The second-order valence-electron chi connectivity index (χ2n) is 7.35. The lowest BCUT2D eigenvalue weighted by Crippen LogP contribution is -2.19. The number of hydrogen-bond donors (Lipinski definition) is 2. The summed E-state index contributed by atoms with van der Waals surface area (Å²) in [6.45, 7) is 6.24. The van der Waals surface area contributed by atoms with Crippen LogP contribution in [0.3, 0.4) is 0 Å². The number of urea groups is 1. The van der Waals surface area contributed by atoms with Crippen LogP contribution in [-0.2, 0) is 12.0 Å². The summed E-state index contributed by atoms with van der Waals surface area (Å²) in [6, 6.07) is 14.4. The Morgan fingerprint density at radius 3 is 2.50 bits per heavy atom. The highest BCUT2D eigenvalue weighted by Gasteiger charge is 2.20. The summed E-state index contributed by atoms with van der Waals surface area (Å²) in [5.74, 6) is 1.34. The van der Waals surface area contributed by atoms with Crippen molar-refractivity contribution in [2.24, 2.45) is 0 Å². The quantitative estimate of drug-likeness (QED) is 0.624. The molecule has 1 heterocycles. The Bertz CT molecular complexity index is 946. The Balaban J connectivity index is 1.52. The van der Waals surface area contributed by atoms with Crippen molar-refractivity contribution >= 4 is 17.5 Å². The first-order valence-corrected chi connectivity index (χ1v) is 8.82. The lowest BCUT2D eigenvalue weighted by Gasteiger charge is -2.12. The van der Waals surface area contributed by atoms with Gasteiger partial charge < -0.3 is 14.6 Å². The van der Waals surface area contributed by atoms with Gasteiger partial charge in [-0.15, -0.1) is 0 Å². The summed E-state index contributed by atoms with van der Waals surface area (Å²) >= 11 is 0. The molecule has 0 aliphatic carbocycles. The Morgan fingerprint density at radius 2 is 1.86 bits per heavy atom. The average Bonchev–Trinajstić information content (AvgIpc) is 3.10. The zero-order valence-electron chi connectivity index (χ0n) is 16.0. The van der Waals surface area contributed by atoms with E-state index < -0.39 is 6.03 Å². The lowest BCUT2D eigenvalue weighted by atomic mass is 9.93. The molecule has 0 bridgehead atoms. The number of ether oxygens (including phenoxy) is 1. The fourth-order valence-electron chi connectivity index (χ4n) is 2.39. The molecule has 0 aliphatic rings. The SMILES string of the molecule is CC(C)(C)c1cc(NC(=O)Nc2ccc(OCc3cccc(F)c3)cc2)no1. The van der Waals surface area contributed by atoms with Crippen molar-refractivity contribution in [3.05, 3.63) is 71.7 Å². The van der Waals surface area contributed by atoms with E-state index in [2.05, 4.69) is 15.8 Å². The van der Waals surface area contributed by atoms with E-state index >= 15 is 0 Å². The summed E-state index contributed by atoms with van der Waals surface area (Å²) in [7, 11) is 0. The molecule has 2 amide bonds. The standard InChI is InChI=1S/C21H22FN3O3/c1-21(2,3)18-12-19(25-28-18)24-20(26)23-16-7-9-17(10-8-16)27-13-14-5-4-6-15(22)11-14/h4-12H,13H2,1-3H3,(H2,23,24,25,26). The predicted octanol–water partition coefficient (Wildman–Crippen LogP) is 5.33. The molecule has 2 aromatic carbocycles. The van der Waals surface area contributed by atoms with Crippen molar-refractivity contribution in [2.45, 2.75) is 32.8 Å². The molecule has 0 aliphatic heterocycles. The molecule has 1 aromatic heterocycles. The third kappa shape index (κ3) is 5.33. The highest BCUT2D eigenvalue weighted by Crippen LogP contribution is 2.24. The van der Waals surface area contributed by atoms with E-state index in [0.717, 1.165) is 5.56 Å². The maximum atomic E-state index is 13.2. The Kier molecular flexibility index (Phi) is 5.63. The first-order chi connectivity index (χ1) is 13.3. The van der Waals surface area contributed by atoms with Gasteiger partial charge in [-0.05, 0) is 42.0 Å². The molecule has 0 saturated carbocycles.